The lowest BCUT2D eigenvalue weighted by atomic mass is 10.1. The second-order valence-corrected chi connectivity index (χ2v) is 4.11. The molecule has 0 aliphatic carbocycles. The van der Waals surface area contributed by atoms with Crippen LogP contribution in [0.1, 0.15) is 6.92 Å². The zero-order chi connectivity index (χ0) is 13.5. The van der Waals surface area contributed by atoms with E-state index in [9.17, 15) is 0 Å². The Kier molecular flexibility index (Phi) is 4.51. The van der Waals surface area contributed by atoms with Crippen molar-refractivity contribution in [3.63, 3.8) is 0 Å². The number of ether oxygens (including phenoxy) is 1. The Morgan fingerprint density at radius 2 is 1.58 bits per heavy atom. The smallest absolute Gasteiger partial charge is 0.119 e. The first-order chi connectivity index (χ1) is 9.33. The van der Waals surface area contributed by atoms with Gasteiger partial charge < -0.3 is 4.74 Å². The summed E-state index contributed by atoms with van der Waals surface area (Å²) in [5, 5.41) is 0. The minimum Gasteiger partial charge on any atom is -0.490 e. The molecule has 0 aliphatic rings. The Hall–Kier alpha value is -2.35. The molecule has 2 nitrogen and oxygen atoms in total. The Labute approximate surface area is 114 Å². The van der Waals surface area contributed by atoms with E-state index >= 15 is 0 Å². The van der Waals surface area contributed by atoms with Crippen LogP contribution in [-0.2, 0) is 0 Å². The highest BCUT2D eigenvalue weighted by Gasteiger charge is 1.98. The topological polar surface area (TPSA) is 21.6 Å². The van der Waals surface area contributed by atoms with Gasteiger partial charge in [-0.25, -0.2) is 0 Å². The molecule has 19 heavy (non-hydrogen) atoms. The summed E-state index contributed by atoms with van der Waals surface area (Å²) in [6.45, 7) is 6.10. The van der Waals surface area contributed by atoms with Crippen molar-refractivity contribution < 1.29 is 4.74 Å². The first-order valence-electron chi connectivity index (χ1n) is 6.24. The highest BCUT2D eigenvalue weighted by Crippen LogP contribution is 2.24. The molecule has 0 N–H and O–H groups in total. The van der Waals surface area contributed by atoms with Crippen LogP contribution in [0.15, 0.2) is 65.7 Å². The van der Waals surface area contributed by atoms with Crippen molar-refractivity contribution >= 4 is 12.4 Å². The SMILES string of the molecule is C=Nc1ccc(-c2ccc(OC/C=C/C)cc2)cc1. The molecule has 2 rings (SSSR count). The Morgan fingerprint density at radius 1 is 1.00 bits per heavy atom. The van der Waals surface area contributed by atoms with E-state index in [4.69, 9.17) is 4.74 Å². The van der Waals surface area contributed by atoms with E-state index in [1.54, 1.807) is 0 Å². The van der Waals surface area contributed by atoms with Gasteiger partial charge >= 0.3 is 0 Å². The van der Waals surface area contributed by atoms with Gasteiger partial charge in [0.05, 0.1) is 5.69 Å². The van der Waals surface area contributed by atoms with Gasteiger partial charge in [-0.2, -0.15) is 0 Å². The molecule has 0 aromatic heterocycles. The van der Waals surface area contributed by atoms with Crippen LogP contribution in [0.3, 0.4) is 0 Å². The summed E-state index contributed by atoms with van der Waals surface area (Å²) < 4.78 is 5.56. The van der Waals surface area contributed by atoms with E-state index < -0.39 is 0 Å². The predicted octanol–water partition coefficient (Wildman–Crippen LogP) is 4.64. The van der Waals surface area contributed by atoms with Gasteiger partial charge in [0.2, 0.25) is 0 Å². The van der Waals surface area contributed by atoms with Crippen molar-refractivity contribution in [2.75, 3.05) is 6.61 Å². The quantitative estimate of drug-likeness (QED) is 0.560. The van der Waals surface area contributed by atoms with Gasteiger partial charge in [-0.3, -0.25) is 4.99 Å². The molecule has 0 fully saturated rings. The highest BCUT2D eigenvalue weighted by atomic mass is 16.5. The van der Waals surface area contributed by atoms with Crippen molar-refractivity contribution in [2.24, 2.45) is 4.99 Å². The van der Waals surface area contributed by atoms with Gasteiger partial charge in [0, 0.05) is 0 Å². The molecule has 0 amide bonds. The van der Waals surface area contributed by atoms with Crippen molar-refractivity contribution in [3.05, 3.63) is 60.7 Å². The van der Waals surface area contributed by atoms with E-state index in [1.165, 1.54) is 0 Å². The molecule has 0 spiro atoms. The van der Waals surface area contributed by atoms with Gasteiger partial charge in [0.15, 0.2) is 0 Å². The molecule has 96 valence electrons. The summed E-state index contributed by atoms with van der Waals surface area (Å²) in [7, 11) is 0. The van der Waals surface area contributed by atoms with Crippen molar-refractivity contribution in [1.82, 2.24) is 0 Å². The normalized spacial score (nSPS) is 10.6. The second-order valence-electron chi connectivity index (χ2n) is 4.11. The molecule has 0 saturated heterocycles. The fourth-order valence-corrected chi connectivity index (χ4v) is 1.74. The Balaban J connectivity index is 2.10. The maximum Gasteiger partial charge on any atom is 0.119 e. The van der Waals surface area contributed by atoms with Gasteiger partial charge in [-0.1, -0.05) is 36.4 Å². The molecule has 0 aliphatic heterocycles. The average Bonchev–Trinajstić information content (AvgIpc) is 2.48. The maximum atomic E-state index is 5.56. The fraction of sp³-hybridized carbons (Fsp3) is 0.118. The summed E-state index contributed by atoms with van der Waals surface area (Å²) >= 11 is 0. The van der Waals surface area contributed by atoms with E-state index in [0.717, 1.165) is 22.6 Å². The first kappa shape index (κ1) is 13.1. The van der Waals surface area contributed by atoms with E-state index in [2.05, 4.69) is 23.8 Å². The molecular weight excluding hydrogens is 234 g/mol. The van der Waals surface area contributed by atoms with Crippen LogP contribution in [0.25, 0.3) is 11.1 Å². The summed E-state index contributed by atoms with van der Waals surface area (Å²) in [6, 6.07) is 16.1. The fourth-order valence-electron chi connectivity index (χ4n) is 1.74. The summed E-state index contributed by atoms with van der Waals surface area (Å²) in [6.07, 6.45) is 3.96. The van der Waals surface area contributed by atoms with Crippen LogP contribution in [0.5, 0.6) is 5.75 Å². The maximum absolute atomic E-state index is 5.56. The van der Waals surface area contributed by atoms with Gasteiger partial charge in [-0.15, -0.1) is 0 Å². The largest absolute Gasteiger partial charge is 0.490 e. The zero-order valence-corrected chi connectivity index (χ0v) is 11.0. The molecule has 2 aromatic carbocycles. The van der Waals surface area contributed by atoms with Crippen LogP contribution in [0.2, 0.25) is 0 Å². The number of aliphatic imine (C=N–C) groups is 1. The lowest BCUT2D eigenvalue weighted by Gasteiger charge is -2.05. The minimum absolute atomic E-state index is 0.607. The number of rotatable bonds is 5. The molecule has 0 bridgehead atoms. The summed E-state index contributed by atoms with van der Waals surface area (Å²) in [4.78, 5) is 3.88. The summed E-state index contributed by atoms with van der Waals surface area (Å²) in [5.41, 5.74) is 3.21. The molecule has 0 radical (unpaired) electrons. The number of benzene rings is 2. The third kappa shape index (κ3) is 3.55. The van der Waals surface area contributed by atoms with Crippen LogP contribution in [-0.4, -0.2) is 13.3 Å². The zero-order valence-electron chi connectivity index (χ0n) is 11.0. The van der Waals surface area contributed by atoms with E-state index in [-0.39, 0.29) is 0 Å². The van der Waals surface area contributed by atoms with Gasteiger partial charge in [0.25, 0.3) is 0 Å². The van der Waals surface area contributed by atoms with E-state index in [0.29, 0.717) is 6.61 Å². The van der Waals surface area contributed by atoms with Crippen molar-refractivity contribution in [2.45, 2.75) is 6.92 Å². The van der Waals surface area contributed by atoms with Crippen LogP contribution in [0, 0.1) is 0 Å². The van der Waals surface area contributed by atoms with Crippen LogP contribution >= 0.6 is 0 Å². The monoisotopic (exact) mass is 251 g/mol. The third-order valence-corrected chi connectivity index (χ3v) is 2.82. The third-order valence-electron chi connectivity index (χ3n) is 2.82. The lowest BCUT2D eigenvalue weighted by Crippen LogP contribution is -1.92. The number of nitrogens with zero attached hydrogens (tertiary/aromatic N) is 1. The second kappa shape index (κ2) is 6.55. The number of allylic oxidation sites excluding steroid dienone is 1. The predicted molar refractivity (Wildman–Crippen MR) is 81.4 cm³/mol. The first-order valence-corrected chi connectivity index (χ1v) is 6.24. The molecule has 0 atom stereocenters. The van der Waals surface area contributed by atoms with Gasteiger partial charge in [0.1, 0.15) is 12.4 Å². The lowest BCUT2D eigenvalue weighted by molar-refractivity contribution is 0.363. The Bertz CT molecular complexity index is 553. The number of hydrogen-bond donors (Lipinski definition) is 0. The molecule has 0 unspecified atom stereocenters. The van der Waals surface area contributed by atoms with Gasteiger partial charge in [-0.05, 0) is 49.0 Å². The van der Waals surface area contributed by atoms with Crippen molar-refractivity contribution in [1.29, 1.82) is 0 Å². The molecule has 2 heteroatoms. The standard InChI is InChI=1S/C17H17NO/c1-3-4-13-19-17-11-7-15(8-12-17)14-5-9-16(18-2)10-6-14/h3-12H,2,13H2,1H3/b4-3+. The Morgan fingerprint density at radius 3 is 2.11 bits per heavy atom. The van der Waals surface area contributed by atoms with Crippen LogP contribution in [0.4, 0.5) is 5.69 Å². The molecule has 0 saturated carbocycles. The average molecular weight is 251 g/mol. The summed E-state index contributed by atoms with van der Waals surface area (Å²) in [5.74, 6) is 0.881. The molecule has 2 aromatic rings. The molecule has 0 heterocycles. The highest BCUT2D eigenvalue weighted by molar-refractivity contribution is 5.66. The number of hydrogen-bond acceptors (Lipinski definition) is 2. The van der Waals surface area contributed by atoms with E-state index in [1.807, 2.05) is 55.5 Å². The van der Waals surface area contributed by atoms with Crippen LogP contribution < -0.4 is 4.74 Å². The molecular formula is C17H17NO. The minimum atomic E-state index is 0.607. The van der Waals surface area contributed by atoms with Crippen molar-refractivity contribution in [3.8, 4) is 16.9 Å².